The molecule has 0 bridgehead atoms. The fourth-order valence-electron chi connectivity index (χ4n) is 2.54. The van der Waals surface area contributed by atoms with Gasteiger partial charge in [-0.1, -0.05) is 19.1 Å². The molecule has 162 valence electrons. The van der Waals surface area contributed by atoms with Gasteiger partial charge in [-0.25, -0.2) is 22.9 Å². The second-order valence-corrected chi connectivity index (χ2v) is 8.10. The van der Waals surface area contributed by atoms with Crippen LogP contribution in [0.15, 0.2) is 59.6 Å². The molecule has 0 aliphatic heterocycles. The second kappa shape index (κ2) is 9.49. The minimum Gasteiger partial charge on any atom is -0.352 e. The minimum absolute atomic E-state index is 0.0295. The van der Waals surface area contributed by atoms with Gasteiger partial charge in [-0.3, -0.25) is 4.79 Å². The Morgan fingerprint density at radius 2 is 1.65 bits per heavy atom. The Morgan fingerprint density at radius 1 is 1.03 bits per heavy atom. The molecule has 31 heavy (non-hydrogen) atoms. The molecule has 0 atom stereocenters. The average molecular weight is 444 g/mol. The summed E-state index contributed by atoms with van der Waals surface area (Å²) in [4.78, 5) is 19.3. The van der Waals surface area contributed by atoms with Crippen molar-refractivity contribution in [3.05, 3.63) is 66.1 Å². The molecule has 0 radical (unpaired) electrons. The summed E-state index contributed by atoms with van der Waals surface area (Å²) in [7, 11) is -3.79. The number of rotatable bonds is 8. The molecule has 1 amide bonds. The average Bonchev–Trinajstić information content (AvgIpc) is 2.75. The van der Waals surface area contributed by atoms with Crippen LogP contribution < -0.4 is 21.1 Å². The van der Waals surface area contributed by atoms with Crippen LogP contribution >= 0.6 is 0 Å². The first-order chi connectivity index (χ1) is 14.7. The zero-order valence-electron chi connectivity index (χ0n) is 16.6. The predicted molar refractivity (Wildman–Crippen MR) is 115 cm³/mol. The Bertz CT molecular complexity index is 1170. The third-order valence-corrected chi connectivity index (χ3v) is 5.14. The number of primary sulfonamides is 1. The quantitative estimate of drug-likeness (QED) is 0.419. The Kier molecular flexibility index (Phi) is 6.78. The molecule has 1 heterocycles. The number of nitrogens with two attached hydrogens (primary N) is 1. The van der Waals surface area contributed by atoms with Crippen molar-refractivity contribution in [2.45, 2.75) is 24.8 Å². The number of aromatic nitrogens is 2. The van der Waals surface area contributed by atoms with E-state index in [2.05, 4.69) is 25.9 Å². The van der Waals surface area contributed by atoms with Crippen LogP contribution in [0, 0.1) is 5.82 Å². The Labute approximate surface area is 179 Å². The summed E-state index contributed by atoms with van der Waals surface area (Å²) >= 11 is 0. The molecule has 5 N–H and O–H groups in total. The fraction of sp³-hybridized carbons (Fsp3) is 0.150. The van der Waals surface area contributed by atoms with E-state index in [4.69, 9.17) is 5.14 Å². The topological polar surface area (TPSA) is 139 Å². The number of amides is 1. The predicted octanol–water partition coefficient (Wildman–Crippen LogP) is 2.78. The van der Waals surface area contributed by atoms with Crippen molar-refractivity contribution in [3.63, 3.8) is 0 Å². The van der Waals surface area contributed by atoms with Crippen molar-refractivity contribution in [1.29, 1.82) is 0 Å². The molecular formula is C20H21FN6O3S. The van der Waals surface area contributed by atoms with E-state index in [1.165, 1.54) is 24.3 Å². The van der Waals surface area contributed by atoms with Crippen LogP contribution in [0.5, 0.6) is 0 Å². The lowest BCUT2D eigenvalue weighted by Crippen LogP contribution is -2.21. The molecule has 3 rings (SSSR count). The highest BCUT2D eigenvalue weighted by Crippen LogP contribution is 2.21. The van der Waals surface area contributed by atoms with E-state index in [1.807, 2.05) is 12.1 Å². The van der Waals surface area contributed by atoms with Crippen LogP contribution in [-0.2, 0) is 21.4 Å². The number of anilines is 4. The van der Waals surface area contributed by atoms with Crippen molar-refractivity contribution in [2.24, 2.45) is 5.14 Å². The van der Waals surface area contributed by atoms with E-state index < -0.39 is 15.8 Å². The van der Waals surface area contributed by atoms with Crippen LogP contribution in [0.4, 0.5) is 27.5 Å². The molecule has 0 aliphatic carbocycles. The van der Waals surface area contributed by atoms with Gasteiger partial charge >= 0.3 is 0 Å². The first-order valence-corrected chi connectivity index (χ1v) is 10.8. The van der Waals surface area contributed by atoms with Gasteiger partial charge < -0.3 is 16.0 Å². The van der Waals surface area contributed by atoms with Gasteiger partial charge in [-0.05, 0) is 42.0 Å². The normalized spacial score (nSPS) is 11.1. The molecule has 0 unspecified atom stereocenters. The van der Waals surface area contributed by atoms with E-state index in [0.29, 0.717) is 24.3 Å². The monoisotopic (exact) mass is 444 g/mol. The lowest BCUT2D eigenvalue weighted by Gasteiger charge is -2.10. The third-order valence-electron chi connectivity index (χ3n) is 4.21. The van der Waals surface area contributed by atoms with Gasteiger partial charge in [0.2, 0.25) is 21.9 Å². The van der Waals surface area contributed by atoms with Crippen molar-refractivity contribution >= 4 is 39.1 Å². The number of carbonyl (C=O) groups is 1. The maximum Gasteiger partial charge on any atom is 0.238 e. The van der Waals surface area contributed by atoms with Gasteiger partial charge in [-0.15, -0.1) is 0 Å². The largest absolute Gasteiger partial charge is 0.352 e. The number of hydrogen-bond donors (Lipinski definition) is 4. The summed E-state index contributed by atoms with van der Waals surface area (Å²) < 4.78 is 36.8. The summed E-state index contributed by atoms with van der Waals surface area (Å²) in [6.07, 6.45) is 1.43. The third kappa shape index (κ3) is 6.20. The van der Waals surface area contributed by atoms with Crippen molar-refractivity contribution in [3.8, 4) is 0 Å². The molecule has 3 aromatic rings. The van der Waals surface area contributed by atoms with Crippen LogP contribution in [0.3, 0.4) is 0 Å². The number of nitrogens with one attached hydrogen (secondary N) is 3. The summed E-state index contributed by atoms with van der Waals surface area (Å²) in [5.74, 6) is -0.601. The molecule has 11 heteroatoms. The maximum absolute atomic E-state index is 14.2. The first-order valence-electron chi connectivity index (χ1n) is 9.29. The fourth-order valence-corrected chi connectivity index (χ4v) is 3.06. The summed E-state index contributed by atoms with van der Waals surface area (Å²) in [5, 5.41) is 13.6. The minimum atomic E-state index is -3.79. The number of benzene rings is 2. The molecule has 0 fully saturated rings. The lowest BCUT2D eigenvalue weighted by molar-refractivity contribution is -0.120. The molecule has 1 aromatic heterocycles. The highest BCUT2D eigenvalue weighted by molar-refractivity contribution is 7.89. The van der Waals surface area contributed by atoms with Gasteiger partial charge in [0, 0.05) is 24.3 Å². The van der Waals surface area contributed by atoms with E-state index in [-0.39, 0.29) is 22.6 Å². The standard InChI is InChI=1S/C20H21FN6O3S/c1-2-18(28)23-11-13-3-5-14(6-4-13)25-19-17(21)12-24-20(27-19)26-15-7-9-16(10-8-15)31(22,29)30/h3-10,12H,2,11H2,1H3,(H,23,28)(H2,22,29,30)(H2,24,25,26,27). The molecule has 9 nitrogen and oxygen atoms in total. The van der Waals surface area contributed by atoms with Gasteiger partial charge in [0.25, 0.3) is 0 Å². The van der Waals surface area contributed by atoms with Gasteiger partial charge in [0.1, 0.15) is 0 Å². The number of nitrogens with zero attached hydrogens (tertiary/aromatic N) is 2. The number of sulfonamides is 1. The maximum atomic E-state index is 14.2. The van der Waals surface area contributed by atoms with E-state index >= 15 is 0 Å². The number of carbonyl (C=O) groups excluding carboxylic acids is 1. The van der Waals surface area contributed by atoms with Crippen LogP contribution in [0.2, 0.25) is 0 Å². The van der Waals surface area contributed by atoms with E-state index in [1.54, 1.807) is 19.1 Å². The highest BCUT2D eigenvalue weighted by Gasteiger charge is 2.10. The number of halogens is 1. The van der Waals surface area contributed by atoms with Gasteiger partial charge in [0.05, 0.1) is 11.1 Å². The zero-order valence-corrected chi connectivity index (χ0v) is 17.4. The van der Waals surface area contributed by atoms with Crippen LogP contribution in [0.25, 0.3) is 0 Å². The van der Waals surface area contributed by atoms with Crippen LogP contribution in [-0.4, -0.2) is 24.3 Å². The molecule has 0 saturated carbocycles. The molecule has 0 aliphatic rings. The first kappa shape index (κ1) is 22.1. The molecule has 2 aromatic carbocycles. The molecular weight excluding hydrogens is 423 g/mol. The van der Waals surface area contributed by atoms with E-state index in [0.717, 1.165) is 11.8 Å². The smallest absolute Gasteiger partial charge is 0.238 e. The zero-order chi connectivity index (χ0) is 22.4. The summed E-state index contributed by atoms with van der Waals surface area (Å²) in [5.41, 5.74) is 2.01. The lowest BCUT2D eigenvalue weighted by atomic mass is 10.2. The van der Waals surface area contributed by atoms with E-state index in [9.17, 15) is 17.6 Å². The van der Waals surface area contributed by atoms with Crippen molar-refractivity contribution in [2.75, 3.05) is 10.6 Å². The number of hydrogen-bond acceptors (Lipinski definition) is 7. The van der Waals surface area contributed by atoms with Gasteiger partial charge in [0.15, 0.2) is 11.6 Å². The highest BCUT2D eigenvalue weighted by atomic mass is 32.2. The Balaban J connectivity index is 1.69. The molecule has 0 saturated heterocycles. The Hall–Kier alpha value is -3.57. The van der Waals surface area contributed by atoms with Gasteiger partial charge in [-0.2, -0.15) is 4.98 Å². The second-order valence-electron chi connectivity index (χ2n) is 6.54. The summed E-state index contributed by atoms with van der Waals surface area (Å²) in [6.45, 7) is 2.19. The van der Waals surface area contributed by atoms with Crippen LogP contribution in [0.1, 0.15) is 18.9 Å². The molecule has 0 spiro atoms. The summed E-state index contributed by atoms with van der Waals surface area (Å²) in [6, 6.07) is 12.8. The Morgan fingerprint density at radius 3 is 2.26 bits per heavy atom. The van der Waals surface area contributed by atoms with Crippen molar-refractivity contribution in [1.82, 2.24) is 15.3 Å². The van der Waals surface area contributed by atoms with Crippen molar-refractivity contribution < 1.29 is 17.6 Å². The SMILES string of the molecule is CCC(=O)NCc1ccc(Nc2nc(Nc3ccc(S(N)(=O)=O)cc3)ncc2F)cc1.